The maximum atomic E-state index is 12.5. The molecule has 0 radical (unpaired) electrons. The van der Waals surface area contributed by atoms with Gasteiger partial charge in [-0.05, 0) is 68.7 Å². The molecule has 0 unspecified atom stereocenters. The van der Waals surface area contributed by atoms with E-state index in [0.717, 1.165) is 35.0 Å². The molecule has 24 heavy (non-hydrogen) atoms. The molecule has 4 nitrogen and oxygen atoms in total. The third-order valence-corrected chi connectivity index (χ3v) is 5.71. The minimum Gasteiger partial charge on any atom is -0.349 e. The zero-order valence-electron chi connectivity index (χ0n) is 14.5. The van der Waals surface area contributed by atoms with Gasteiger partial charge in [-0.2, -0.15) is 5.10 Å². The quantitative estimate of drug-likeness (QED) is 0.936. The fourth-order valence-electron chi connectivity index (χ4n) is 4.44. The number of nitrogens with one attached hydrogen (secondary N) is 1. The van der Waals surface area contributed by atoms with Crippen LogP contribution in [0.15, 0.2) is 30.3 Å². The van der Waals surface area contributed by atoms with Gasteiger partial charge in [-0.15, -0.1) is 0 Å². The van der Waals surface area contributed by atoms with Crippen LogP contribution < -0.4 is 5.32 Å². The van der Waals surface area contributed by atoms with Crippen molar-refractivity contribution in [1.29, 1.82) is 0 Å². The summed E-state index contributed by atoms with van der Waals surface area (Å²) in [6.45, 7) is 4.82. The highest BCUT2D eigenvalue weighted by atomic mass is 16.1. The van der Waals surface area contributed by atoms with Crippen LogP contribution in [0.25, 0.3) is 0 Å². The number of carbonyl (C=O) groups excluding carboxylic acids is 1. The van der Waals surface area contributed by atoms with Crippen molar-refractivity contribution >= 4 is 5.91 Å². The van der Waals surface area contributed by atoms with Gasteiger partial charge in [0.1, 0.15) is 0 Å². The number of hydrogen-bond donors (Lipinski definition) is 1. The summed E-state index contributed by atoms with van der Waals surface area (Å²) in [7, 11) is 0. The molecule has 1 N–H and O–H groups in total. The molecule has 1 aromatic carbocycles. The van der Waals surface area contributed by atoms with E-state index in [9.17, 15) is 4.79 Å². The van der Waals surface area contributed by atoms with Crippen molar-refractivity contribution in [2.24, 2.45) is 11.8 Å². The molecule has 2 aliphatic rings. The van der Waals surface area contributed by atoms with Crippen molar-refractivity contribution in [1.82, 2.24) is 15.1 Å². The van der Waals surface area contributed by atoms with Crippen molar-refractivity contribution in [3.63, 3.8) is 0 Å². The lowest BCUT2D eigenvalue weighted by atomic mass is 9.95. The van der Waals surface area contributed by atoms with Crippen molar-refractivity contribution in [2.45, 2.75) is 52.1 Å². The molecule has 2 aliphatic carbocycles. The predicted molar refractivity (Wildman–Crippen MR) is 93.9 cm³/mol. The third kappa shape index (κ3) is 2.97. The minimum absolute atomic E-state index is 0.0743. The summed E-state index contributed by atoms with van der Waals surface area (Å²) in [5.41, 5.74) is 4.12. The second kappa shape index (κ2) is 6.08. The average molecular weight is 323 g/mol. The molecule has 0 saturated heterocycles. The monoisotopic (exact) mass is 323 g/mol. The Morgan fingerprint density at radius 1 is 1.21 bits per heavy atom. The van der Waals surface area contributed by atoms with Gasteiger partial charge in [-0.25, -0.2) is 0 Å². The molecule has 4 rings (SSSR count). The van der Waals surface area contributed by atoms with E-state index in [1.807, 2.05) is 35.9 Å². The van der Waals surface area contributed by atoms with E-state index >= 15 is 0 Å². The summed E-state index contributed by atoms with van der Waals surface area (Å²) in [4.78, 5) is 12.5. The Balaban J connectivity index is 1.40. The standard InChI is InChI=1S/C20H25N3O/c1-13-9-14(2)23(22-13)12-15-3-6-17(7-4-15)20(24)21-19-11-16-5-8-18(19)10-16/h3-4,6-7,9,16,18-19H,5,8,10-12H2,1-2H3,(H,21,24)/t16-,18+,19+/m0/s1. The zero-order chi connectivity index (χ0) is 16.7. The van der Waals surface area contributed by atoms with E-state index in [-0.39, 0.29) is 5.91 Å². The van der Waals surface area contributed by atoms with Gasteiger partial charge in [-0.3, -0.25) is 9.48 Å². The molecular weight excluding hydrogens is 298 g/mol. The number of amides is 1. The number of aryl methyl sites for hydroxylation is 2. The van der Waals surface area contributed by atoms with Crippen LogP contribution in [0, 0.1) is 25.7 Å². The van der Waals surface area contributed by atoms with E-state index in [2.05, 4.69) is 23.4 Å². The number of carbonyl (C=O) groups is 1. The number of nitrogens with zero attached hydrogens (tertiary/aromatic N) is 2. The second-order valence-electron chi connectivity index (χ2n) is 7.54. The van der Waals surface area contributed by atoms with E-state index in [4.69, 9.17) is 0 Å². The normalized spacial score (nSPS) is 25.2. The third-order valence-electron chi connectivity index (χ3n) is 5.71. The van der Waals surface area contributed by atoms with Crippen molar-refractivity contribution in [2.75, 3.05) is 0 Å². The van der Waals surface area contributed by atoms with Crippen LogP contribution in [0.4, 0.5) is 0 Å². The predicted octanol–water partition coefficient (Wildman–Crippen LogP) is 3.47. The summed E-state index contributed by atoms with van der Waals surface area (Å²) in [6, 6.07) is 10.4. The highest BCUT2D eigenvalue weighted by Crippen LogP contribution is 2.44. The Morgan fingerprint density at radius 3 is 2.58 bits per heavy atom. The molecule has 2 saturated carbocycles. The van der Waals surface area contributed by atoms with E-state index in [1.165, 1.54) is 25.7 Å². The molecule has 3 atom stereocenters. The SMILES string of the molecule is Cc1cc(C)n(Cc2ccc(C(=O)N[C@@H]3C[C@H]4CC[C@@H]3C4)cc2)n1. The number of fused-ring (bicyclic) bond motifs is 2. The lowest BCUT2D eigenvalue weighted by molar-refractivity contribution is 0.0923. The van der Waals surface area contributed by atoms with Gasteiger partial charge in [-0.1, -0.05) is 18.6 Å². The second-order valence-corrected chi connectivity index (χ2v) is 7.54. The van der Waals surface area contributed by atoms with Crippen LogP contribution in [0.1, 0.15) is 53.0 Å². The summed E-state index contributed by atoms with van der Waals surface area (Å²) < 4.78 is 2.00. The Kier molecular flexibility index (Phi) is 3.91. The summed E-state index contributed by atoms with van der Waals surface area (Å²) in [5.74, 6) is 1.64. The van der Waals surface area contributed by atoms with Gasteiger partial charge in [0.25, 0.3) is 5.91 Å². The molecule has 2 fully saturated rings. The van der Waals surface area contributed by atoms with Crippen molar-refractivity contribution < 1.29 is 4.79 Å². The average Bonchev–Trinajstić information content (AvgIpc) is 3.24. The number of benzene rings is 1. The maximum Gasteiger partial charge on any atom is 0.251 e. The van der Waals surface area contributed by atoms with Gasteiger partial charge in [0.2, 0.25) is 0 Å². The van der Waals surface area contributed by atoms with E-state index in [0.29, 0.717) is 12.0 Å². The van der Waals surface area contributed by atoms with Crippen LogP contribution in [0.2, 0.25) is 0 Å². The Bertz CT molecular complexity index is 747. The summed E-state index contributed by atoms with van der Waals surface area (Å²) >= 11 is 0. The highest BCUT2D eigenvalue weighted by Gasteiger charge is 2.40. The summed E-state index contributed by atoms with van der Waals surface area (Å²) in [5, 5.41) is 7.74. The number of hydrogen-bond acceptors (Lipinski definition) is 2. The fraction of sp³-hybridized carbons (Fsp3) is 0.500. The van der Waals surface area contributed by atoms with E-state index < -0.39 is 0 Å². The molecule has 126 valence electrons. The van der Waals surface area contributed by atoms with Gasteiger partial charge >= 0.3 is 0 Å². The first-order valence-corrected chi connectivity index (χ1v) is 8.99. The van der Waals surface area contributed by atoms with Crippen LogP contribution in [-0.4, -0.2) is 21.7 Å². The van der Waals surface area contributed by atoms with Gasteiger partial charge < -0.3 is 5.32 Å². The van der Waals surface area contributed by atoms with Crippen LogP contribution in [0.3, 0.4) is 0 Å². The summed E-state index contributed by atoms with van der Waals surface area (Å²) in [6.07, 6.45) is 5.13. The fourth-order valence-corrected chi connectivity index (χ4v) is 4.44. The van der Waals surface area contributed by atoms with Crippen molar-refractivity contribution in [3.05, 3.63) is 52.8 Å². The Labute approximate surface area is 143 Å². The van der Waals surface area contributed by atoms with Gasteiger partial charge in [0.15, 0.2) is 0 Å². The molecule has 2 bridgehead atoms. The van der Waals surface area contributed by atoms with Gasteiger partial charge in [0.05, 0.1) is 12.2 Å². The molecule has 0 aliphatic heterocycles. The molecule has 2 aromatic rings. The Hall–Kier alpha value is -2.10. The lowest BCUT2D eigenvalue weighted by Crippen LogP contribution is -2.38. The number of rotatable bonds is 4. The first kappa shape index (κ1) is 15.4. The van der Waals surface area contributed by atoms with E-state index in [1.54, 1.807) is 0 Å². The molecular formula is C20H25N3O. The largest absolute Gasteiger partial charge is 0.349 e. The van der Waals surface area contributed by atoms with Crippen LogP contribution >= 0.6 is 0 Å². The van der Waals surface area contributed by atoms with Crippen molar-refractivity contribution in [3.8, 4) is 0 Å². The first-order chi connectivity index (χ1) is 11.6. The smallest absolute Gasteiger partial charge is 0.251 e. The number of aromatic nitrogens is 2. The van der Waals surface area contributed by atoms with Crippen LogP contribution in [0.5, 0.6) is 0 Å². The lowest BCUT2D eigenvalue weighted by Gasteiger charge is -2.22. The molecule has 1 aromatic heterocycles. The minimum atomic E-state index is 0.0743. The Morgan fingerprint density at radius 2 is 2.00 bits per heavy atom. The highest BCUT2D eigenvalue weighted by molar-refractivity contribution is 5.94. The topological polar surface area (TPSA) is 46.9 Å². The van der Waals surface area contributed by atoms with Gasteiger partial charge in [0, 0.05) is 17.3 Å². The van der Waals surface area contributed by atoms with Crippen LogP contribution in [-0.2, 0) is 6.54 Å². The maximum absolute atomic E-state index is 12.5. The molecule has 0 spiro atoms. The molecule has 4 heteroatoms. The zero-order valence-corrected chi connectivity index (χ0v) is 14.5. The molecule has 1 heterocycles. The first-order valence-electron chi connectivity index (χ1n) is 8.99. The molecule has 1 amide bonds.